The number of hydrogen-bond acceptors (Lipinski definition) is 3. The van der Waals surface area contributed by atoms with Crippen LogP contribution in [0.25, 0.3) is 11.0 Å². The van der Waals surface area contributed by atoms with Gasteiger partial charge >= 0.3 is 5.63 Å². The third kappa shape index (κ3) is 2.66. The molecule has 0 atom stereocenters. The molecule has 4 rings (SSSR count). The number of ether oxygens (including phenoxy) is 1. The molecule has 3 nitrogen and oxygen atoms in total. The molecule has 122 valence electrons. The highest BCUT2D eigenvalue weighted by Crippen LogP contribution is 2.43. The second kappa shape index (κ2) is 5.70. The molecule has 2 heterocycles. The van der Waals surface area contributed by atoms with Gasteiger partial charge in [-0.2, -0.15) is 0 Å². The minimum Gasteiger partial charge on any atom is -0.487 e. The van der Waals surface area contributed by atoms with E-state index in [1.165, 1.54) is 24.8 Å². The molecular formula is C20H24O3. The Bertz CT molecular complexity index is 781. The second-order valence-electron chi connectivity index (χ2n) is 7.14. The fourth-order valence-corrected chi connectivity index (χ4v) is 4.26. The van der Waals surface area contributed by atoms with Crippen LogP contribution in [-0.2, 0) is 12.8 Å². The number of fused-ring (bicyclic) bond motifs is 2. The molecule has 23 heavy (non-hydrogen) atoms. The highest BCUT2D eigenvalue weighted by molar-refractivity contribution is 5.83. The van der Waals surface area contributed by atoms with Crippen LogP contribution in [0.4, 0.5) is 0 Å². The quantitative estimate of drug-likeness (QED) is 0.750. The van der Waals surface area contributed by atoms with Gasteiger partial charge < -0.3 is 9.15 Å². The number of rotatable bonds is 2. The molecule has 0 unspecified atom stereocenters. The molecule has 1 fully saturated rings. The van der Waals surface area contributed by atoms with Crippen LogP contribution in [0.5, 0.6) is 5.75 Å². The van der Waals surface area contributed by atoms with Crippen molar-refractivity contribution in [3.8, 4) is 5.75 Å². The number of benzene rings is 1. The maximum Gasteiger partial charge on any atom is 0.336 e. The Morgan fingerprint density at radius 3 is 2.70 bits per heavy atom. The maximum atomic E-state index is 11.8. The minimum atomic E-state index is -0.260. The lowest BCUT2D eigenvalue weighted by atomic mass is 9.79. The standard InChI is InChI=1S/C20H24O3/c1-2-6-14-12-19(21)22-18-13-17-15(11-16(14)18)7-10-20(23-17)8-4-3-5-9-20/h11-13H,2-10H2,1H3. The van der Waals surface area contributed by atoms with Crippen LogP contribution >= 0.6 is 0 Å². The topological polar surface area (TPSA) is 39.4 Å². The molecule has 0 saturated heterocycles. The van der Waals surface area contributed by atoms with Gasteiger partial charge in [0.25, 0.3) is 0 Å². The van der Waals surface area contributed by atoms with Crippen molar-refractivity contribution in [1.29, 1.82) is 0 Å². The SMILES string of the molecule is CCCc1cc(=O)oc2cc3c(cc12)CCC1(CCCCC1)O3. The van der Waals surface area contributed by atoms with Gasteiger partial charge in [-0.05, 0) is 62.1 Å². The zero-order valence-electron chi connectivity index (χ0n) is 13.8. The molecule has 1 aliphatic heterocycles. The van der Waals surface area contributed by atoms with Crippen molar-refractivity contribution in [3.05, 3.63) is 39.7 Å². The van der Waals surface area contributed by atoms with E-state index in [1.54, 1.807) is 6.07 Å². The van der Waals surface area contributed by atoms with Crippen LogP contribution in [0.15, 0.2) is 27.4 Å². The zero-order valence-corrected chi connectivity index (χ0v) is 13.8. The molecule has 1 aromatic heterocycles. The highest BCUT2D eigenvalue weighted by Gasteiger charge is 2.37. The lowest BCUT2D eigenvalue weighted by molar-refractivity contribution is 0.0109. The minimum absolute atomic E-state index is 0.0280. The van der Waals surface area contributed by atoms with E-state index in [4.69, 9.17) is 9.15 Å². The fraction of sp³-hybridized carbons (Fsp3) is 0.550. The predicted octanol–water partition coefficient (Wildman–Crippen LogP) is 4.77. The Morgan fingerprint density at radius 2 is 1.91 bits per heavy atom. The molecule has 1 saturated carbocycles. The smallest absolute Gasteiger partial charge is 0.336 e. The van der Waals surface area contributed by atoms with Crippen molar-refractivity contribution in [2.45, 2.75) is 70.3 Å². The zero-order chi connectivity index (χ0) is 15.9. The molecule has 0 N–H and O–H groups in total. The summed E-state index contributed by atoms with van der Waals surface area (Å²) in [4.78, 5) is 11.8. The molecule has 1 aliphatic carbocycles. The average molecular weight is 312 g/mol. The first-order chi connectivity index (χ1) is 11.2. The molecule has 0 bridgehead atoms. The van der Waals surface area contributed by atoms with Crippen molar-refractivity contribution in [3.63, 3.8) is 0 Å². The normalized spacial score (nSPS) is 19.5. The lowest BCUT2D eigenvalue weighted by Crippen LogP contribution is -2.41. The molecule has 2 aliphatic rings. The van der Waals surface area contributed by atoms with E-state index in [0.29, 0.717) is 5.58 Å². The third-order valence-corrected chi connectivity index (χ3v) is 5.47. The van der Waals surface area contributed by atoms with Gasteiger partial charge in [0.2, 0.25) is 0 Å². The summed E-state index contributed by atoms with van der Waals surface area (Å²) in [5, 5.41) is 1.08. The summed E-state index contributed by atoms with van der Waals surface area (Å²) < 4.78 is 11.9. The van der Waals surface area contributed by atoms with Crippen LogP contribution in [-0.4, -0.2) is 5.60 Å². The van der Waals surface area contributed by atoms with Gasteiger partial charge in [0, 0.05) is 17.5 Å². The summed E-state index contributed by atoms with van der Waals surface area (Å²) in [5.41, 5.74) is 2.80. The molecule has 0 radical (unpaired) electrons. The van der Waals surface area contributed by atoms with E-state index < -0.39 is 0 Å². The molecule has 2 aromatic rings. The van der Waals surface area contributed by atoms with E-state index >= 15 is 0 Å². The van der Waals surface area contributed by atoms with E-state index in [2.05, 4.69) is 13.0 Å². The van der Waals surface area contributed by atoms with Crippen LogP contribution in [0, 0.1) is 0 Å². The van der Waals surface area contributed by atoms with Crippen LogP contribution in [0.3, 0.4) is 0 Å². The maximum absolute atomic E-state index is 11.8. The molecule has 1 spiro atoms. The van der Waals surface area contributed by atoms with Crippen molar-refractivity contribution >= 4 is 11.0 Å². The third-order valence-electron chi connectivity index (χ3n) is 5.47. The van der Waals surface area contributed by atoms with Gasteiger partial charge in [0.1, 0.15) is 16.9 Å². The van der Waals surface area contributed by atoms with Crippen LogP contribution < -0.4 is 10.4 Å². The summed E-state index contributed by atoms with van der Waals surface area (Å²) in [6, 6.07) is 5.79. The largest absolute Gasteiger partial charge is 0.487 e. The van der Waals surface area contributed by atoms with Crippen molar-refractivity contribution in [1.82, 2.24) is 0 Å². The summed E-state index contributed by atoms with van der Waals surface area (Å²) in [5.74, 6) is 0.933. The second-order valence-corrected chi connectivity index (χ2v) is 7.14. The fourth-order valence-electron chi connectivity index (χ4n) is 4.26. The number of hydrogen-bond donors (Lipinski definition) is 0. The van der Waals surface area contributed by atoms with Gasteiger partial charge in [-0.15, -0.1) is 0 Å². The van der Waals surface area contributed by atoms with Crippen molar-refractivity contribution in [2.75, 3.05) is 0 Å². The molecular weight excluding hydrogens is 288 g/mol. The first-order valence-electron chi connectivity index (χ1n) is 8.98. The van der Waals surface area contributed by atoms with Gasteiger partial charge in [-0.3, -0.25) is 0 Å². The lowest BCUT2D eigenvalue weighted by Gasteiger charge is -2.41. The molecule has 0 amide bonds. The Balaban J connectivity index is 1.79. The summed E-state index contributed by atoms with van der Waals surface area (Å²) in [7, 11) is 0. The van der Waals surface area contributed by atoms with Gasteiger partial charge in [-0.1, -0.05) is 19.8 Å². The summed E-state index contributed by atoms with van der Waals surface area (Å²) in [6.07, 6.45) is 10.3. The van der Waals surface area contributed by atoms with E-state index in [1.807, 2.05) is 6.07 Å². The molecule has 1 aromatic carbocycles. The first kappa shape index (κ1) is 14.8. The van der Waals surface area contributed by atoms with Crippen LogP contribution in [0.1, 0.15) is 63.0 Å². The van der Waals surface area contributed by atoms with Crippen LogP contribution in [0.2, 0.25) is 0 Å². The van der Waals surface area contributed by atoms with E-state index in [9.17, 15) is 4.79 Å². The van der Waals surface area contributed by atoms with Gasteiger partial charge in [0.15, 0.2) is 0 Å². The van der Waals surface area contributed by atoms with E-state index in [-0.39, 0.29) is 11.2 Å². The number of aryl methyl sites for hydroxylation is 2. The Hall–Kier alpha value is -1.77. The molecule has 3 heteroatoms. The average Bonchev–Trinajstić information content (AvgIpc) is 2.54. The van der Waals surface area contributed by atoms with Crippen molar-refractivity contribution < 1.29 is 9.15 Å². The monoisotopic (exact) mass is 312 g/mol. The van der Waals surface area contributed by atoms with Gasteiger partial charge in [0.05, 0.1) is 0 Å². The van der Waals surface area contributed by atoms with E-state index in [0.717, 1.165) is 55.2 Å². The van der Waals surface area contributed by atoms with Gasteiger partial charge in [-0.25, -0.2) is 4.79 Å². The summed E-state index contributed by atoms with van der Waals surface area (Å²) in [6.45, 7) is 2.13. The Kier molecular flexibility index (Phi) is 3.67. The van der Waals surface area contributed by atoms with Crippen molar-refractivity contribution in [2.24, 2.45) is 0 Å². The summed E-state index contributed by atoms with van der Waals surface area (Å²) >= 11 is 0. The predicted molar refractivity (Wildman–Crippen MR) is 91.2 cm³/mol. The Morgan fingerprint density at radius 1 is 1.09 bits per heavy atom. The first-order valence-corrected chi connectivity index (χ1v) is 8.98. The Labute approximate surface area is 136 Å². The highest BCUT2D eigenvalue weighted by atomic mass is 16.5.